The molecule has 0 unspecified atom stereocenters. The van der Waals surface area contributed by atoms with Crippen LogP contribution in [0.3, 0.4) is 0 Å². The minimum absolute atomic E-state index is 0.131. The number of hydrogen-bond donors (Lipinski definition) is 1. The van der Waals surface area contributed by atoms with Gasteiger partial charge in [0, 0.05) is 60.4 Å². The summed E-state index contributed by atoms with van der Waals surface area (Å²) in [5.41, 5.74) is 9.50. The van der Waals surface area contributed by atoms with Crippen LogP contribution in [-0.2, 0) is 0 Å². The van der Waals surface area contributed by atoms with Crippen molar-refractivity contribution in [2.75, 3.05) is 0 Å². The number of rotatable bonds is 5. The summed E-state index contributed by atoms with van der Waals surface area (Å²) in [6.07, 6.45) is 0. The first kappa shape index (κ1) is 33.0. The topological polar surface area (TPSA) is 81.4 Å². The predicted octanol–water partition coefficient (Wildman–Crippen LogP) is 12.1. The summed E-state index contributed by atoms with van der Waals surface area (Å²) in [7, 11) is 0. The average molecular weight is 757 g/mol. The molecule has 0 aliphatic heterocycles. The van der Waals surface area contributed by atoms with Gasteiger partial charge in [0.15, 0.2) is 17.5 Å². The molecule has 8 aromatic carbocycles. The Morgan fingerprint density at radius 1 is 0.339 bits per heavy atom. The zero-order chi connectivity index (χ0) is 39.0. The molecule has 4 aromatic heterocycles. The van der Waals surface area contributed by atoms with E-state index in [-0.39, 0.29) is 5.56 Å². The van der Waals surface area contributed by atoms with Gasteiger partial charge in [-0.25, -0.2) is 15.0 Å². The summed E-state index contributed by atoms with van der Waals surface area (Å²) in [4.78, 5) is 32.4. The predicted molar refractivity (Wildman–Crippen MR) is 240 cm³/mol. The number of aromatic amines is 1. The highest BCUT2D eigenvalue weighted by Crippen LogP contribution is 2.39. The van der Waals surface area contributed by atoms with Crippen molar-refractivity contribution in [3.8, 4) is 45.5 Å². The molecule has 0 aliphatic rings. The van der Waals surface area contributed by atoms with E-state index in [1.807, 2.05) is 78.9 Å². The molecule has 1 N–H and O–H groups in total. The number of fused-ring (bicyclic) bond motifs is 9. The first-order valence-electron chi connectivity index (χ1n) is 19.7. The van der Waals surface area contributed by atoms with Crippen LogP contribution >= 0.6 is 0 Å². The maximum Gasteiger partial charge on any atom is 0.256 e. The van der Waals surface area contributed by atoms with E-state index in [9.17, 15) is 4.79 Å². The first-order valence-corrected chi connectivity index (χ1v) is 19.7. The fraction of sp³-hybridized carbons (Fsp3) is 0. The van der Waals surface area contributed by atoms with Crippen LogP contribution in [0.2, 0.25) is 0 Å². The van der Waals surface area contributed by atoms with Crippen LogP contribution in [0, 0.1) is 0 Å². The highest BCUT2D eigenvalue weighted by molar-refractivity contribution is 6.21. The van der Waals surface area contributed by atoms with Crippen molar-refractivity contribution in [2.45, 2.75) is 0 Å². The van der Waals surface area contributed by atoms with Gasteiger partial charge in [0.2, 0.25) is 0 Å². The van der Waals surface area contributed by atoms with Crippen molar-refractivity contribution in [1.82, 2.24) is 29.1 Å². The Morgan fingerprint density at radius 2 is 0.814 bits per heavy atom. The van der Waals surface area contributed by atoms with Gasteiger partial charge in [-0.05, 0) is 66.0 Å². The van der Waals surface area contributed by atoms with Crippen LogP contribution in [0.15, 0.2) is 193 Å². The van der Waals surface area contributed by atoms with Crippen molar-refractivity contribution < 1.29 is 0 Å². The van der Waals surface area contributed by atoms with E-state index in [1.165, 1.54) is 0 Å². The second-order valence-electron chi connectivity index (χ2n) is 14.9. The lowest BCUT2D eigenvalue weighted by Gasteiger charge is -2.12. The first-order chi connectivity index (χ1) is 29.2. The van der Waals surface area contributed by atoms with Crippen LogP contribution < -0.4 is 5.56 Å². The number of nitrogens with zero attached hydrogens (tertiary/aromatic N) is 5. The van der Waals surface area contributed by atoms with E-state index in [1.54, 1.807) is 0 Å². The maximum atomic E-state index is 14.2. The highest BCUT2D eigenvalue weighted by atomic mass is 16.1. The Kier molecular flexibility index (Phi) is 7.24. The minimum Gasteiger partial charge on any atom is -0.321 e. The minimum atomic E-state index is -0.131. The van der Waals surface area contributed by atoms with Crippen molar-refractivity contribution in [3.63, 3.8) is 0 Å². The van der Waals surface area contributed by atoms with Gasteiger partial charge in [-0.2, -0.15) is 0 Å². The van der Waals surface area contributed by atoms with E-state index >= 15 is 0 Å². The van der Waals surface area contributed by atoms with Crippen LogP contribution in [0.5, 0.6) is 0 Å². The Balaban J connectivity index is 1.08. The third-order valence-corrected chi connectivity index (χ3v) is 11.5. The Bertz CT molecular complexity index is 3620. The van der Waals surface area contributed by atoms with Crippen LogP contribution in [0.4, 0.5) is 0 Å². The molecule has 0 saturated carbocycles. The summed E-state index contributed by atoms with van der Waals surface area (Å²) in [6.45, 7) is 0. The molecule has 0 fully saturated rings. The summed E-state index contributed by atoms with van der Waals surface area (Å²) in [5, 5.41) is 7.01. The molecule has 0 radical (unpaired) electrons. The maximum absolute atomic E-state index is 14.2. The zero-order valence-corrected chi connectivity index (χ0v) is 31.5. The lowest BCUT2D eigenvalue weighted by Crippen LogP contribution is -2.07. The molecular formula is C52H32N6O. The number of hydrogen-bond acceptors (Lipinski definition) is 4. The number of H-pyrrole nitrogens is 1. The third-order valence-electron chi connectivity index (χ3n) is 11.5. The summed E-state index contributed by atoms with van der Waals surface area (Å²) in [5.74, 6) is 1.79. The largest absolute Gasteiger partial charge is 0.321 e. The molecular weight excluding hydrogens is 725 g/mol. The van der Waals surface area contributed by atoms with Gasteiger partial charge in [0.25, 0.3) is 5.56 Å². The quantitative estimate of drug-likeness (QED) is 0.177. The van der Waals surface area contributed by atoms with Gasteiger partial charge in [-0.3, -0.25) is 4.79 Å². The molecule has 0 amide bonds. The fourth-order valence-corrected chi connectivity index (χ4v) is 8.81. The van der Waals surface area contributed by atoms with Gasteiger partial charge in [-0.1, -0.05) is 127 Å². The molecule has 12 rings (SSSR count). The van der Waals surface area contributed by atoms with Gasteiger partial charge in [0.1, 0.15) is 0 Å². The molecule has 7 heteroatoms. The zero-order valence-electron chi connectivity index (χ0n) is 31.5. The van der Waals surface area contributed by atoms with Gasteiger partial charge in [0.05, 0.1) is 27.6 Å². The van der Waals surface area contributed by atoms with Crippen molar-refractivity contribution >= 4 is 65.3 Å². The molecule has 276 valence electrons. The third kappa shape index (κ3) is 5.22. The molecule has 0 saturated heterocycles. The van der Waals surface area contributed by atoms with Crippen LogP contribution in [-0.4, -0.2) is 29.1 Å². The average Bonchev–Trinajstić information content (AvgIpc) is 3.80. The lowest BCUT2D eigenvalue weighted by atomic mass is 10.0. The van der Waals surface area contributed by atoms with Gasteiger partial charge < -0.3 is 14.1 Å². The number of nitrogens with one attached hydrogen (secondary N) is 1. The standard InChI is InChI=1S/C52H32N6O/c59-52-43-30-47-41(28-39(43)40-29-42-38-24-10-12-25-45(38)57(35-20-8-3-9-21-35)48(42)31-44(40)53-52)37-23-11-13-26-46(37)58(47)36-22-14-19-34(27-36)51-55-49(32-15-4-1-5-16-32)54-50(56-51)33-17-6-2-7-18-33/h1-31H,(H,53,59). The highest BCUT2D eigenvalue weighted by Gasteiger charge is 2.20. The van der Waals surface area contributed by atoms with Gasteiger partial charge >= 0.3 is 0 Å². The monoisotopic (exact) mass is 756 g/mol. The van der Waals surface area contributed by atoms with Crippen molar-refractivity contribution in [3.05, 3.63) is 198 Å². The summed E-state index contributed by atoms with van der Waals surface area (Å²) in [6, 6.07) is 64.3. The van der Waals surface area contributed by atoms with E-state index in [4.69, 9.17) is 15.0 Å². The number of pyridine rings is 1. The number of benzene rings is 8. The van der Waals surface area contributed by atoms with E-state index in [0.29, 0.717) is 22.9 Å². The molecule has 0 bridgehead atoms. The Labute approximate surface area is 337 Å². The molecule has 0 spiro atoms. The van der Waals surface area contributed by atoms with Crippen LogP contribution in [0.25, 0.3) is 111 Å². The summed E-state index contributed by atoms with van der Waals surface area (Å²) < 4.78 is 4.52. The van der Waals surface area contributed by atoms with Gasteiger partial charge in [-0.15, -0.1) is 0 Å². The Morgan fingerprint density at radius 3 is 1.44 bits per heavy atom. The smallest absolute Gasteiger partial charge is 0.256 e. The SMILES string of the molecule is O=c1[nH]c2cc3c(cc2c2cc4c5ccccc5n(-c5cccc(-c6nc(-c7ccccc7)nc(-c7ccccc7)n6)c5)c4cc12)c1ccccc1n3-c1ccccc1. The molecule has 7 nitrogen and oxygen atoms in total. The molecule has 59 heavy (non-hydrogen) atoms. The summed E-state index contributed by atoms with van der Waals surface area (Å²) >= 11 is 0. The molecule has 0 aliphatic carbocycles. The molecule has 0 atom stereocenters. The van der Waals surface area contributed by atoms with E-state index < -0.39 is 0 Å². The van der Waals surface area contributed by atoms with E-state index in [0.717, 1.165) is 88.0 Å². The van der Waals surface area contributed by atoms with E-state index in [2.05, 4.69) is 123 Å². The molecule has 4 heterocycles. The number of para-hydroxylation sites is 3. The lowest BCUT2D eigenvalue weighted by molar-refractivity contribution is 1.07. The molecule has 12 aromatic rings. The van der Waals surface area contributed by atoms with Crippen molar-refractivity contribution in [2.24, 2.45) is 0 Å². The normalized spacial score (nSPS) is 11.8. The number of aromatic nitrogens is 6. The van der Waals surface area contributed by atoms with Crippen LogP contribution in [0.1, 0.15) is 0 Å². The second-order valence-corrected chi connectivity index (χ2v) is 14.9. The second kappa shape index (κ2) is 12.9. The Hall–Kier alpha value is -8.16. The van der Waals surface area contributed by atoms with Crippen molar-refractivity contribution in [1.29, 1.82) is 0 Å². The fourth-order valence-electron chi connectivity index (χ4n) is 8.81.